The van der Waals surface area contributed by atoms with E-state index in [1.807, 2.05) is 4.90 Å². The number of nitrogens with zero attached hydrogens (tertiary/aromatic N) is 9. The molecule has 0 bridgehead atoms. The van der Waals surface area contributed by atoms with E-state index in [4.69, 9.17) is 0 Å². The number of likely N-dealkylation sites (tertiary alicyclic amines) is 2. The smallest absolute Gasteiger partial charge is 0.224 e. The number of aryl methyl sites for hydroxylation is 1. The number of aromatic nitrogens is 7. The van der Waals surface area contributed by atoms with E-state index in [0.717, 1.165) is 50.7 Å². The van der Waals surface area contributed by atoms with Gasteiger partial charge in [0.15, 0.2) is 0 Å². The second-order valence-corrected chi connectivity index (χ2v) is 7.87. The molecule has 4 rings (SSSR count). The molecule has 2 aliphatic heterocycles. The van der Waals surface area contributed by atoms with Gasteiger partial charge in [-0.3, -0.25) is 9.69 Å². The lowest BCUT2D eigenvalue weighted by Gasteiger charge is -2.32. The van der Waals surface area contributed by atoms with Gasteiger partial charge in [-0.2, -0.15) is 0 Å². The maximum atomic E-state index is 12.6. The summed E-state index contributed by atoms with van der Waals surface area (Å²) in [6.45, 7) is 5.19. The largest absolute Gasteiger partial charge is 0.342 e. The van der Waals surface area contributed by atoms with Crippen molar-refractivity contribution < 1.29 is 4.79 Å². The van der Waals surface area contributed by atoms with Crippen LogP contribution in [0.1, 0.15) is 56.1 Å². The first-order valence-electron chi connectivity index (χ1n) is 10.3. The number of carbonyl (C=O) groups is 1. The van der Waals surface area contributed by atoms with Crippen LogP contribution < -0.4 is 0 Å². The third-order valence-corrected chi connectivity index (χ3v) is 5.90. The molecule has 2 saturated heterocycles. The number of hydrogen-bond donors (Lipinski definition) is 0. The molecule has 0 N–H and O–H groups in total. The predicted molar refractivity (Wildman–Crippen MR) is 101 cm³/mol. The molecule has 2 aromatic heterocycles. The van der Waals surface area contributed by atoms with Crippen LogP contribution in [0.5, 0.6) is 0 Å². The number of tetrazole rings is 1. The summed E-state index contributed by atoms with van der Waals surface area (Å²) >= 11 is 0. The maximum Gasteiger partial charge on any atom is 0.224 e. The van der Waals surface area contributed by atoms with Crippen molar-refractivity contribution in [2.45, 2.75) is 57.5 Å². The normalized spacial score (nSPS) is 21.2. The van der Waals surface area contributed by atoms with Gasteiger partial charge in [-0.25, -0.2) is 4.68 Å². The Labute approximate surface area is 164 Å². The van der Waals surface area contributed by atoms with E-state index in [1.165, 1.54) is 25.6 Å². The van der Waals surface area contributed by atoms with Gasteiger partial charge >= 0.3 is 0 Å². The summed E-state index contributed by atoms with van der Waals surface area (Å²) < 4.78 is 3.74. The van der Waals surface area contributed by atoms with E-state index < -0.39 is 0 Å². The molecule has 0 aromatic carbocycles. The van der Waals surface area contributed by atoms with Crippen molar-refractivity contribution in [2.75, 3.05) is 26.2 Å². The zero-order valence-corrected chi connectivity index (χ0v) is 16.6. The predicted octanol–water partition coefficient (Wildman–Crippen LogP) is 0.584. The number of amides is 1. The lowest BCUT2D eigenvalue weighted by molar-refractivity contribution is -0.132. The molecular formula is C18H29N9O. The molecular weight excluding hydrogens is 358 g/mol. The minimum atomic E-state index is 0.149. The standard InChI is InChI=1S/C18H29N9O/c1-24-16(13-25-8-3-2-4-9-25)20-21-18(24)15-6-5-10-26(12-15)17(28)7-11-27-14-19-22-23-27/h14-15H,2-13H2,1H3. The van der Waals surface area contributed by atoms with Crippen LogP contribution in [0.3, 0.4) is 0 Å². The fourth-order valence-electron chi connectivity index (χ4n) is 4.25. The van der Waals surface area contributed by atoms with Crippen molar-refractivity contribution in [1.29, 1.82) is 0 Å². The van der Waals surface area contributed by atoms with Gasteiger partial charge < -0.3 is 9.47 Å². The topological polar surface area (TPSA) is 97.9 Å². The lowest BCUT2D eigenvalue weighted by Crippen LogP contribution is -2.40. The first-order valence-corrected chi connectivity index (χ1v) is 10.3. The van der Waals surface area contributed by atoms with Crippen LogP contribution in [0.15, 0.2) is 6.33 Å². The Hall–Kier alpha value is -2.36. The lowest BCUT2D eigenvalue weighted by atomic mass is 9.97. The zero-order chi connectivity index (χ0) is 19.3. The van der Waals surface area contributed by atoms with Gasteiger partial charge in [-0.05, 0) is 49.2 Å². The van der Waals surface area contributed by atoms with E-state index in [1.54, 1.807) is 4.68 Å². The number of hydrogen-bond acceptors (Lipinski definition) is 7. The van der Waals surface area contributed by atoms with Crippen molar-refractivity contribution in [3.05, 3.63) is 18.0 Å². The summed E-state index contributed by atoms with van der Waals surface area (Å²) in [4.78, 5) is 17.0. The molecule has 28 heavy (non-hydrogen) atoms. The minimum Gasteiger partial charge on any atom is -0.342 e. The third kappa shape index (κ3) is 4.37. The highest BCUT2D eigenvalue weighted by molar-refractivity contribution is 5.76. The molecule has 1 unspecified atom stereocenters. The molecule has 10 nitrogen and oxygen atoms in total. The number of rotatable bonds is 6. The number of carbonyl (C=O) groups excluding carboxylic acids is 1. The van der Waals surface area contributed by atoms with E-state index >= 15 is 0 Å². The Kier molecular flexibility index (Phi) is 5.94. The summed E-state index contributed by atoms with van der Waals surface area (Å²) in [5.74, 6) is 2.43. The van der Waals surface area contributed by atoms with Gasteiger partial charge in [0.2, 0.25) is 5.91 Å². The molecule has 10 heteroatoms. The second-order valence-electron chi connectivity index (χ2n) is 7.87. The molecule has 0 aliphatic carbocycles. The highest BCUT2D eigenvalue weighted by Gasteiger charge is 2.28. The first kappa shape index (κ1) is 19.0. The third-order valence-electron chi connectivity index (χ3n) is 5.90. The summed E-state index contributed by atoms with van der Waals surface area (Å²) in [6, 6.07) is 0. The van der Waals surface area contributed by atoms with E-state index in [2.05, 4.69) is 42.2 Å². The zero-order valence-electron chi connectivity index (χ0n) is 16.6. The molecule has 0 spiro atoms. The van der Waals surface area contributed by atoms with Crippen molar-refractivity contribution in [2.24, 2.45) is 7.05 Å². The Bertz CT molecular complexity index is 766. The van der Waals surface area contributed by atoms with Crippen LogP contribution in [0.2, 0.25) is 0 Å². The molecule has 2 aromatic rings. The molecule has 1 amide bonds. The van der Waals surface area contributed by atoms with Gasteiger partial charge in [-0.15, -0.1) is 15.3 Å². The average Bonchev–Trinajstić information content (AvgIpc) is 3.37. The van der Waals surface area contributed by atoms with Crippen LogP contribution in [0.4, 0.5) is 0 Å². The Morgan fingerprint density at radius 1 is 1.14 bits per heavy atom. The molecule has 1 atom stereocenters. The van der Waals surface area contributed by atoms with Crippen LogP contribution in [-0.4, -0.2) is 76.9 Å². The van der Waals surface area contributed by atoms with Crippen molar-refractivity contribution in [3.8, 4) is 0 Å². The summed E-state index contributed by atoms with van der Waals surface area (Å²) in [7, 11) is 2.06. The van der Waals surface area contributed by atoms with E-state index in [0.29, 0.717) is 19.5 Å². The fourth-order valence-corrected chi connectivity index (χ4v) is 4.25. The maximum absolute atomic E-state index is 12.6. The van der Waals surface area contributed by atoms with Crippen LogP contribution in [0, 0.1) is 0 Å². The highest BCUT2D eigenvalue weighted by Crippen LogP contribution is 2.26. The molecule has 2 aliphatic rings. The van der Waals surface area contributed by atoms with Gasteiger partial charge in [0, 0.05) is 32.5 Å². The summed E-state index contributed by atoms with van der Waals surface area (Å²) in [5, 5.41) is 20.0. The highest BCUT2D eigenvalue weighted by atomic mass is 16.2. The van der Waals surface area contributed by atoms with Gasteiger partial charge in [0.25, 0.3) is 0 Å². The van der Waals surface area contributed by atoms with Gasteiger partial charge in [0.05, 0.1) is 13.1 Å². The van der Waals surface area contributed by atoms with Crippen molar-refractivity contribution in [1.82, 2.24) is 44.8 Å². The molecule has 0 saturated carbocycles. The van der Waals surface area contributed by atoms with E-state index in [9.17, 15) is 4.79 Å². The second kappa shape index (κ2) is 8.76. The first-order chi connectivity index (χ1) is 13.7. The molecule has 152 valence electrons. The fraction of sp³-hybridized carbons (Fsp3) is 0.778. The Balaban J connectivity index is 1.35. The quantitative estimate of drug-likeness (QED) is 0.715. The monoisotopic (exact) mass is 387 g/mol. The minimum absolute atomic E-state index is 0.149. The number of piperidine rings is 2. The SMILES string of the molecule is Cn1c(CN2CCCCC2)nnc1C1CCCN(C(=O)CCn2cnnn2)C1. The van der Waals surface area contributed by atoms with Crippen LogP contribution in [-0.2, 0) is 24.9 Å². The van der Waals surface area contributed by atoms with Crippen molar-refractivity contribution in [3.63, 3.8) is 0 Å². The summed E-state index contributed by atoms with van der Waals surface area (Å²) in [6.07, 6.45) is 7.87. The molecule has 0 radical (unpaired) electrons. The van der Waals surface area contributed by atoms with E-state index in [-0.39, 0.29) is 11.8 Å². The Morgan fingerprint density at radius 2 is 2.00 bits per heavy atom. The van der Waals surface area contributed by atoms with Crippen LogP contribution >= 0.6 is 0 Å². The van der Waals surface area contributed by atoms with Gasteiger partial charge in [0.1, 0.15) is 18.0 Å². The van der Waals surface area contributed by atoms with Crippen LogP contribution in [0.25, 0.3) is 0 Å². The Morgan fingerprint density at radius 3 is 2.79 bits per heavy atom. The van der Waals surface area contributed by atoms with Gasteiger partial charge in [-0.1, -0.05) is 6.42 Å². The summed E-state index contributed by atoms with van der Waals surface area (Å²) in [5.41, 5.74) is 0. The molecule has 4 heterocycles. The molecule has 2 fully saturated rings. The average molecular weight is 387 g/mol. The van der Waals surface area contributed by atoms with Crippen molar-refractivity contribution >= 4 is 5.91 Å².